The van der Waals surface area contributed by atoms with Crippen LogP contribution in [0.2, 0.25) is 0 Å². The SMILES string of the molecule is COc1ccc(C(C)(C)C)cc1CNC(=O)c1cccnc1.Cl. The zero-order chi connectivity index (χ0) is 16.2. The smallest absolute Gasteiger partial charge is 0.253 e. The summed E-state index contributed by atoms with van der Waals surface area (Å²) < 4.78 is 5.39. The fourth-order valence-corrected chi connectivity index (χ4v) is 2.16. The number of amides is 1. The van der Waals surface area contributed by atoms with Crippen LogP contribution in [-0.4, -0.2) is 18.0 Å². The second-order valence-electron chi connectivity index (χ2n) is 6.20. The van der Waals surface area contributed by atoms with E-state index in [0.717, 1.165) is 11.3 Å². The quantitative estimate of drug-likeness (QED) is 0.926. The third-order valence-electron chi connectivity index (χ3n) is 3.51. The number of nitrogens with zero attached hydrogens (tertiary/aromatic N) is 1. The maximum atomic E-state index is 12.1. The van der Waals surface area contributed by atoms with E-state index in [1.54, 1.807) is 31.6 Å². The van der Waals surface area contributed by atoms with Crippen LogP contribution in [0.4, 0.5) is 0 Å². The van der Waals surface area contributed by atoms with E-state index in [2.05, 4.69) is 43.2 Å². The number of halogens is 1. The van der Waals surface area contributed by atoms with E-state index >= 15 is 0 Å². The Bertz CT molecular complexity index is 652. The van der Waals surface area contributed by atoms with Gasteiger partial charge in [0.2, 0.25) is 0 Å². The summed E-state index contributed by atoms with van der Waals surface area (Å²) in [6, 6.07) is 9.58. The Hall–Kier alpha value is -2.07. The number of aromatic nitrogens is 1. The van der Waals surface area contributed by atoms with Gasteiger partial charge in [-0.15, -0.1) is 12.4 Å². The highest BCUT2D eigenvalue weighted by molar-refractivity contribution is 5.93. The van der Waals surface area contributed by atoms with E-state index in [4.69, 9.17) is 4.74 Å². The Labute approximate surface area is 143 Å². The van der Waals surface area contributed by atoms with Gasteiger partial charge < -0.3 is 10.1 Å². The third-order valence-corrected chi connectivity index (χ3v) is 3.51. The van der Waals surface area contributed by atoms with Crippen molar-refractivity contribution in [2.75, 3.05) is 7.11 Å². The molecular formula is C18H23ClN2O2. The van der Waals surface area contributed by atoms with Crippen molar-refractivity contribution in [3.63, 3.8) is 0 Å². The Morgan fingerprint density at radius 3 is 2.57 bits per heavy atom. The highest BCUT2D eigenvalue weighted by Gasteiger charge is 2.16. The molecule has 0 fully saturated rings. The fourth-order valence-electron chi connectivity index (χ4n) is 2.16. The summed E-state index contributed by atoms with van der Waals surface area (Å²) in [6.45, 7) is 6.90. The zero-order valence-corrected chi connectivity index (χ0v) is 14.7. The summed E-state index contributed by atoms with van der Waals surface area (Å²) in [6.07, 6.45) is 3.20. The van der Waals surface area contributed by atoms with E-state index in [1.807, 2.05) is 6.07 Å². The van der Waals surface area contributed by atoms with Gasteiger partial charge in [0.1, 0.15) is 5.75 Å². The average Bonchev–Trinajstić information content (AvgIpc) is 2.52. The van der Waals surface area contributed by atoms with Crippen LogP contribution in [0.5, 0.6) is 5.75 Å². The van der Waals surface area contributed by atoms with Crippen molar-refractivity contribution >= 4 is 18.3 Å². The van der Waals surface area contributed by atoms with Crippen molar-refractivity contribution in [3.05, 3.63) is 59.4 Å². The molecular weight excluding hydrogens is 312 g/mol. The minimum absolute atomic E-state index is 0. The van der Waals surface area contributed by atoms with Crippen LogP contribution in [-0.2, 0) is 12.0 Å². The summed E-state index contributed by atoms with van der Waals surface area (Å²) in [4.78, 5) is 16.1. The maximum Gasteiger partial charge on any atom is 0.253 e. The van der Waals surface area contributed by atoms with Gasteiger partial charge in [0.15, 0.2) is 0 Å². The van der Waals surface area contributed by atoms with E-state index in [0.29, 0.717) is 12.1 Å². The predicted molar refractivity (Wildman–Crippen MR) is 94.3 cm³/mol. The van der Waals surface area contributed by atoms with Gasteiger partial charge in [-0.1, -0.05) is 26.8 Å². The van der Waals surface area contributed by atoms with E-state index in [-0.39, 0.29) is 23.7 Å². The van der Waals surface area contributed by atoms with Gasteiger partial charge in [-0.25, -0.2) is 0 Å². The molecule has 1 aromatic carbocycles. The molecule has 0 aliphatic heterocycles. The highest BCUT2D eigenvalue weighted by Crippen LogP contribution is 2.27. The molecule has 4 nitrogen and oxygen atoms in total. The molecule has 1 N–H and O–H groups in total. The van der Waals surface area contributed by atoms with Crippen LogP contribution < -0.4 is 10.1 Å². The molecule has 1 aromatic heterocycles. The lowest BCUT2D eigenvalue weighted by atomic mass is 9.86. The lowest BCUT2D eigenvalue weighted by Crippen LogP contribution is -2.23. The van der Waals surface area contributed by atoms with Crippen molar-refractivity contribution < 1.29 is 9.53 Å². The summed E-state index contributed by atoms with van der Waals surface area (Å²) in [5.41, 5.74) is 2.77. The first-order chi connectivity index (χ1) is 10.4. The van der Waals surface area contributed by atoms with Crippen molar-refractivity contribution in [2.24, 2.45) is 0 Å². The third kappa shape index (κ3) is 4.96. The second-order valence-corrected chi connectivity index (χ2v) is 6.20. The summed E-state index contributed by atoms with van der Waals surface area (Å²) >= 11 is 0. The first-order valence-corrected chi connectivity index (χ1v) is 7.27. The summed E-state index contributed by atoms with van der Waals surface area (Å²) in [5, 5.41) is 2.91. The molecule has 0 radical (unpaired) electrons. The van der Waals surface area contributed by atoms with Gasteiger partial charge in [-0.05, 0) is 35.2 Å². The van der Waals surface area contributed by atoms with Gasteiger partial charge in [-0.3, -0.25) is 9.78 Å². The molecule has 23 heavy (non-hydrogen) atoms. The van der Waals surface area contributed by atoms with Crippen LogP contribution in [0.15, 0.2) is 42.7 Å². The lowest BCUT2D eigenvalue weighted by Gasteiger charge is -2.21. The number of pyridine rings is 1. The Balaban J connectivity index is 0.00000264. The normalized spacial score (nSPS) is 10.6. The van der Waals surface area contributed by atoms with E-state index in [1.165, 1.54) is 5.56 Å². The molecule has 0 atom stereocenters. The number of hydrogen-bond acceptors (Lipinski definition) is 3. The molecule has 124 valence electrons. The fraction of sp³-hybridized carbons (Fsp3) is 0.333. The molecule has 0 unspecified atom stereocenters. The number of hydrogen-bond donors (Lipinski definition) is 1. The van der Waals surface area contributed by atoms with Crippen LogP contribution in [0.1, 0.15) is 42.3 Å². The van der Waals surface area contributed by atoms with Crippen LogP contribution in [0.3, 0.4) is 0 Å². The van der Waals surface area contributed by atoms with E-state index in [9.17, 15) is 4.79 Å². The molecule has 0 saturated heterocycles. The Morgan fingerprint density at radius 1 is 1.26 bits per heavy atom. The Kier molecular flexibility index (Phi) is 6.58. The molecule has 0 saturated carbocycles. The van der Waals surface area contributed by atoms with Gasteiger partial charge in [-0.2, -0.15) is 0 Å². The lowest BCUT2D eigenvalue weighted by molar-refractivity contribution is 0.0950. The Morgan fingerprint density at radius 2 is 2.00 bits per heavy atom. The number of rotatable bonds is 4. The van der Waals surface area contributed by atoms with Gasteiger partial charge in [0.25, 0.3) is 5.91 Å². The zero-order valence-electron chi connectivity index (χ0n) is 13.9. The number of methoxy groups -OCH3 is 1. The van der Waals surface area contributed by atoms with Crippen molar-refractivity contribution in [2.45, 2.75) is 32.7 Å². The second kappa shape index (κ2) is 7.97. The molecule has 0 spiro atoms. The first-order valence-electron chi connectivity index (χ1n) is 7.27. The van der Waals surface area contributed by atoms with E-state index < -0.39 is 0 Å². The largest absolute Gasteiger partial charge is 0.496 e. The van der Waals surface area contributed by atoms with Gasteiger partial charge in [0, 0.05) is 24.5 Å². The standard InChI is InChI=1S/C18H22N2O2.ClH/c1-18(2,3)15-7-8-16(22-4)14(10-15)12-20-17(21)13-6-5-9-19-11-13;/h5-11H,12H2,1-4H3,(H,20,21);1H. The minimum Gasteiger partial charge on any atom is -0.496 e. The van der Waals surface area contributed by atoms with Crippen LogP contribution >= 0.6 is 12.4 Å². The molecule has 0 aliphatic carbocycles. The predicted octanol–water partition coefficient (Wildman–Crippen LogP) is 3.74. The van der Waals surface area contributed by atoms with Crippen molar-refractivity contribution in [1.29, 1.82) is 0 Å². The molecule has 1 heterocycles. The number of carbonyl (C=O) groups excluding carboxylic acids is 1. The average molecular weight is 335 g/mol. The van der Waals surface area contributed by atoms with Gasteiger partial charge >= 0.3 is 0 Å². The summed E-state index contributed by atoms with van der Waals surface area (Å²) in [5.74, 6) is 0.635. The van der Waals surface area contributed by atoms with Crippen LogP contribution in [0.25, 0.3) is 0 Å². The number of carbonyl (C=O) groups is 1. The topological polar surface area (TPSA) is 51.2 Å². The first kappa shape index (κ1) is 19.0. The highest BCUT2D eigenvalue weighted by atomic mass is 35.5. The molecule has 5 heteroatoms. The number of nitrogens with one attached hydrogen (secondary N) is 1. The molecule has 0 aliphatic rings. The molecule has 0 bridgehead atoms. The summed E-state index contributed by atoms with van der Waals surface area (Å²) in [7, 11) is 1.64. The molecule has 1 amide bonds. The number of ether oxygens (including phenoxy) is 1. The maximum absolute atomic E-state index is 12.1. The van der Waals surface area contributed by atoms with Crippen molar-refractivity contribution in [3.8, 4) is 5.75 Å². The van der Waals surface area contributed by atoms with Crippen molar-refractivity contribution in [1.82, 2.24) is 10.3 Å². The molecule has 2 rings (SSSR count). The van der Waals surface area contributed by atoms with Gasteiger partial charge in [0.05, 0.1) is 12.7 Å². The number of benzene rings is 1. The minimum atomic E-state index is -0.142. The van der Waals surface area contributed by atoms with Crippen LogP contribution in [0, 0.1) is 0 Å². The molecule has 2 aromatic rings. The monoisotopic (exact) mass is 334 g/mol.